The van der Waals surface area contributed by atoms with Crippen LogP contribution in [0.2, 0.25) is 0 Å². The first-order valence-corrected chi connectivity index (χ1v) is 16.7. The molecule has 0 spiro atoms. The van der Waals surface area contributed by atoms with Crippen LogP contribution in [0, 0.1) is 11.8 Å². The highest BCUT2D eigenvalue weighted by Gasteiger charge is 2.41. The molecule has 43 heavy (non-hydrogen) atoms. The van der Waals surface area contributed by atoms with Gasteiger partial charge in [0.25, 0.3) is 0 Å². The molecule has 0 saturated carbocycles. The highest BCUT2D eigenvalue weighted by atomic mass is 32.1. The van der Waals surface area contributed by atoms with E-state index in [-0.39, 0.29) is 34.5 Å². The number of nitrogens with one attached hydrogen (secondary N) is 2. The highest BCUT2D eigenvalue weighted by molar-refractivity contribution is 7.70. The average Bonchev–Trinajstić information content (AvgIpc) is 3.23. The van der Waals surface area contributed by atoms with E-state index in [1.165, 1.54) is 19.4 Å². The molecule has 2 heterocycles. The van der Waals surface area contributed by atoms with E-state index < -0.39 is 49.4 Å². The van der Waals surface area contributed by atoms with Gasteiger partial charge < -0.3 is 24.8 Å². The van der Waals surface area contributed by atoms with Crippen molar-refractivity contribution in [2.45, 2.75) is 37.4 Å². The zero-order valence-corrected chi connectivity index (χ0v) is 25.6. The summed E-state index contributed by atoms with van der Waals surface area (Å²) in [5.74, 6) is 4.91. The van der Waals surface area contributed by atoms with Gasteiger partial charge in [-0.1, -0.05) is 24.0 Å². The third-order valence-electron chi connectivity index (χ3n) is 7.05. The van der Waals surface area contributed by atoms with E-state index in [4.69, 9.17) is 4.74 Å². The molecule has 5 nitrogen and oxygen atoms in total. The number of halogens is 7. The highest BCUT2D eigenvalue weighted by Crippen LogP contribution is 2.47. The number of alkyl halides is 7. The summed E-state index contributed by atoms with van der Waals surface area (Å²) >= 11 is 1.04. The van der Waals surface area contributed by atoms with Crippen molar-refractivity contribution in [3.8, 4) is 17.6 Å². The number of piperidine rings is 1. The van der Waals surface area contributed by atoms with Crippen LogP contribution in [0.3, 0.4) is 0 Å². The van der Waals surface area contributed by atoms with E-state index >= 15 is 0 Å². The Morgan fingerprint density at radius 1 is 1.12 bits per heavy atom. The second-order valence-electron chi connectivity index (χ2n) is 10.7. The van der Waals surface area contributed by atoms with Crippen LogP contribution in [0.1, 0.15) is 22.4 Å². The van der Waals surface area contributed by atoms with E-state index in [2.05, 4.69) is 22.5 Å². The van der Waals surface area contributed by atoms with Gasteiger partial charge >= 0.3 is 12.4 Å². The molecule has 3 aromatic rings. The van der Waals surface area contributed by atoms with Gasteiger partial charge in [-0.05, 0) is 55.9 Å². The van der Waals surface area contributed by atoms with Gasteiger partial charge in [-0.2, -0.15) is 26.3 Å². The normalized spacial score (nSPS) is 18.3. The van der Waals surface area contributed by atoms with Crippen LogP contribution < -0.4 is 20.7 Å². The van der Waals surface area contributed by atoms with Gasteiger partial charge in [-0.25, -0.2) is 4.39 Å². The monoisotopic (exact) mass is 649 g/mol. The molecular weight excluding hydrogens is 618 g/mol. The summed E-state index contributed by atoms with van der Waals surface area (Å²) in [5, 5.41) is 5.88. The number of thiophene rings is 1. The average molecular weight is 650 g/mol. The van der Waals surface area contributed by atoms with Crippen LogP contribution in [0.25, 0.3) is 10.1 Å². The van der Waals surface area contributed by atoms with Gasteiger partial charge in [0.15, 0.2) is 5.75 Å². The molecule has 4 rings (SSSR count). The second kappa shape index (κ2) is 12.6. The summed E-state index contributed by atoms with van der Waals surface area (Å²) in [7, 11) is -0.438. The zero-order valence-electron chi connectivity index (χ0n) is 23.8. The van der Waals surface area contributed by atoms with E-state index in [9.17, 15) is 35.3 Å². The minimum absolute atomic E-state index is 0.0215. The molecule has 0 amide bonds. The lowest BCUT2D eigenvalue weighted by Gasteiger charge is -2.33. The Morgan fingerprint density at radius 3 is 2.44 bits per heavy atom. The van der Waals surface area contributed by atoms with Crippen molar-refractivity contribution >= 4 is 45.2 Å². The number of rotatable bonds is 7. The summed E-state index contributed by atoms with van der Waals surface area (Å²) in [4.78, 5) is 2.03. The third kappa shape index (κ3) is 7.78. The largest absolute Gasteiger partial charge is 0.494 e. The quantitative estimate of drug-likeness (QED) is 0.161. The molecule has 1 saturated heterocycles. The molecule has 2 N–H and O–H groups in total. The van der Waals surface area contributed by atoms with Gasteiger partial charge in [0.05, 0.1) is 47.1 Å². The van der Waals surface area contributed by atoms with Crippen molar-refractivity contribution in [3.05, 3.63) is 46.3 Å². The number of methoxy groups -OCH3 is 1. The number of nitrogens with zero attached hydrogens (tertiary/aromatic N) is 1. The number of anilines is 2. The van der Waals surface area contributed by atoms with Gasteiger partial charge in [0.1, 0.15) is 18.9 Å². The van der Waals surface area contributed by atoms with E-state index in [0.29, 0.717) is 28.7 Å². The molecule has 0 aliphatic carbocycles. The Labute approximate surface area is 249 Å². The molecular formula is C29H31F7N3O2PS. The number of hydrogen-bond donors (Lipinski definition) is 2. The summed E-state index contributed by atoms with van der Waals surface area (Å²) in [6.07, 6.45) is -11.2. The lowest BCUT2D eigenvalue weighted by Crippen LogP contribution is -2.46. The predicted molar refractivity (Wildman–Crippen MR) is 158 cm³/mol. The standard InChI is InChI=1S/C29H31F7N3O2PS/c1-39-14-12-20(19(30)16-39)38-22-8-5-7-17-18(15-28(31,32)33)24(43-27(17)22)9-6-13-37-21-10-11-23(42(3,4)40)25(26(21)41-2)29(34,35)36/h5,7-8,10-11,19-20,37-38H,12-16H2,1-4H3/t19-,20+/m0/s1. The summed E-state index contributed by atoms with van der Waals surface area (Å²) < 4.78 is 115. The van der Waals surface area contributed by atoms with Crippen molar-refractivity contribution in [2.75, 3.05) is 57.8 Å². The number of hydrogen-bond acceptors (Lipinski definition) is 6. The molecule has 1 aliphatic heterocycles. The lowest BCUT2D eigenvalue weighted by molar-refractivity contribution is -0.137. The molecule has 14 heteroatoms. The maximum atomic E-state index is 14.7. The fourth-order valence-corrected chi connectivity index (χ4v) is 7.46. The van der Waals surface area contributed by atoms with E-state index in [1.54, 1.807) is 18.2 Å². The lowest BCUT2D eigenvalue weighted by atomic mass is 10.0. The van der Waals surface area contributed by atoms with Gasteiger partial charge in [0, 0.05) is 18.4 Å². The van der Waals surface area contributed by atoms with Crippen molar-refractivity contribution < 1.29 is 40.0 Å². The van der Waals surface area contributed by atoms with Crippen LogP contribution in [0.15, 0.2) is 30.3 Å². The molecule has 234 valence electrons. The predicted octanol–water partition coefficient (Wildman–Crippen LogP) is 7.20. The molecule has 1 aromatic heterocycles. The van der Waals surface area contributed by atoms with E-state index in [1.807, 2.05) is 11.9 Å². The first-order valence-electron chi connectivity index (χ1n) is 13.3. The molecule has 0 unspecified atom stereocenters. The summed E-state index contributed by atoms with van der Waals surface area (Å²) in [6, 6.07) is 6.80. The third-order valence-corrected chi connectivity index (χ3v) is 9.78. The van der Waals surface area contributed by atoms with Crippen molar-refractivity contribution in [2.24, 2.45) is 0 Å². The fraction of sp³-hybridized carbons (Fsp3) is 0.448. The molecule has 2 atom stereocenters. The van der Waals surface area contributed by atoms with Crippen molar-refractivity contribution in [1.29, 1.82) is 0 Å². The van der Waals surface area contributed by atoms with Crippen molar-refractivity contribution in [3.63, 3.8) is 0 Å². The first kappa shape index (κ1) is 33.0. The maximum absolute atomic E-state index is 14.7. The van der Waals surface area contributed by atoms with Crippen molar-refractivity contribution in [1.82, 2.24) is 4.90 Å². The van der Waals surface area contributed by atoms with Crippen LogP contribution in [-0.2, 0) is 17.2 Å². The Kier molecular flexibility index (Phi) is 9.64. The Balaban J connectivity index is 1.66. The van der Waals surface area contributed by atoms with Gasteiger partial charge in [-0.15, -0.1) is 11.3 Å². The van der Waals surface area contributed by atoms with Gasteiger partial charge in [-0.3, -0.25) is 0 Å². The number of ether oxygens (including phenoxy) is 1. The topological polar surface area (TPSA) is 53.6 Å². The fourth-order valence-electron chi connectivity index (χ4n) is 5.09. The summed E-state index contributed by atoms with van der Waals surface area (Å²) in [6.45, 7) is 3.16. The summed E-state index contributed by atoms with van der Waals surface area (Å²) in [5.41, 5.74) is -0.716. The maximum Gasteiger partial charge on any atom is 0.420 e. The number of likely N-dealkylation sites (tertiary alicyclic amines) is 1. The van der Waals surface area contributed by atoms with Crippen LogP contribution in [0.4, 0.5) is 42.1 Å². The molecule has 1 aliphatic rings. The van der Waals surface area contributed by atoms with Crippen LogP contribution in [-0.4, -0.2) is 70.4 Å². The minimum Gasteiger partial charge on any atom is -0.494 e. The molecule has 0 radical (unpaired) electrons. The smallest absolute Gasteiger partial charge is 0.420 e. The first-order chi connectivity index (χ1) is 20.0. The second-order valence-corrected chi connectivity index (χ2v) is 15.0. The molecule has 1 fully saturated rings. The van der Waals surface area contributed by atoms with Gasteiger partial charge in [0.2, 0.25) is 0 Å². The van der Waals surface area contributed by atoms with Crippen LogP contribution in [0.5, 0.6) is 5.75 Å². The Bertz CT molecular complexity index is 1590. The Morgan fingerprint density at radius 2 is 1.84 bits per heavy atom. The number of fused-ring (bicyclic) bond motifs is 1. The molecule has 2 aromatic carbocycles. The Hall–Kier alpha value is -2.94. The SMILES string of the molecule is COc1c(NCC#Cc2sc3c(N[C@@H]4CCN(C)C[C@@H]4F)cccc3c2CC(F)(F)F)ccc(P(C)(C)=O)c1C(F)(F)F. The zero-order chi connectivity index (χ0) is 31.7. The van der Waals surface area contributed by atoms with E-state index in [0.717, 1.165) is 24.5 Å². The number of benzene rings is 2. The van der Waals surface area contributed by atoms with Crippen LogP contribution >= 0.6 is 18.5 Å². The minimum atomic E-state index is -4.85. The molecule has 0 bridgehead atoms.